The molecule has 0 aromatic carbocycles. The number of esters is 1. The fourth-order valence-electron chi connectivity index (χ4n) is 4.42. The molecule has 1 fully saturated rings. The Labute approximate surface area is 201 Å². The van der Waals surface area contributed by atoms with E-state index in [1.807, 2.05) is 0 Å². The minimum atomic E-state index is -1.15. The van der Waals surface area contributed by atoms with E-state index in [0.717, 1.165) is 0 Å². The van der Waals surface area contributed by atoms with Crippen LogP contribution in [0.25, 0.3) is 0 Å². The second kappa shape index (κ2) is 13.3. The molecule has 2 aliphatic rings. The smallest absolute Gasteiger partial charge is 0.331 e. The minimum absolute atomic E-state index is 0.00137. The predicted molar refractivity (Wildman–Crippen MR) is 126 cm³/mol. The normalized spacial score (nSPS) is 30.4. The lowest BCUT2D eigenvalue weighted by Gasteiger charge is -2.30. The Kier molecular flexibility index (Phi) is 10.9. The maximum Gasteiger partial charge on any atom is 0.331 e. The van der Waals surface area contributed by atoms with Gasteiger partial charge in [-0.05, 0) is 44.1 Å². The van der Waals surface area contributed by atoms with E-state index in [1.165, 1.54) is 6.08 Å². The van der Waals surface area contributed by atoms with E-state index in [0.29, 0.717) is 50.5 Å². The SMILES string of the molecule is C/C(=C\[C@H](C)C(=O)CCCC1CC(=O)NC(=O)C1)[C@H]1OC(=O)/C=C/CC/C=C/[C@H](O)[C@@H](O)[C@@H]1C. The highest BCUT2D eigenvalue weighted by Crippen LogP contribution is 2.25. The molecule has 0 bridgehead atoms. The summed E-state index contributed by atoms with van der Waals surface area (Å²) in [4.78, 5) is 48.0. The van der Waals surface area contributed by atoms with Crippen LogP contribution in [0.15, 0.2) is 36.0 Å². The molecule has 3 N–H and O–H groups in total. The molecule has 8 nitrogen and oxygen atoms in total. The Hall–Kier alpha value is -2.58. The summed E-state index contributed by atoms with van der Waals surface area (Å²) in [6.45, 7) is 5.20. The third kappa shape index (κ3) is 8.65. The monoisotopic (exact) mass is 475 g/mol. The molecule has 0 aliphatic carbocycles. The molecule has 2 heterocycles. The van der Waals surface area contributed by atoms with Gasteiger partial charge in [0.2, 0.25) is 11.8 Å². The van der Waals surface area contributed by atoms with Crippen molar-refractivity contribution in [1.29, 1.82) is 0 Å². The van der Waals surface area contributed by atoms with E-state index in [2.05, 4.69) is 5.32 Å². The Morgan fingerprint density at radius 3 is 2.50 bits per heavy atom. The van der Waals surface area contributed by atoms with Crippen LogP contribution in [0.2, 0.25) is 0 Å². The van der Waals surface area contributed by atoms with E-state index in [1.54, 1.807) is 45.1 Å². The Morgan fingerprint density at radius 1 is 1.18 bits per heavy atom. The van der Waals surface area contributed by atoms with Gasteiger partial charge in [-0.1, -0.05) is 38.2 Å². The van der Waals surface area contributed by atoms with Crippen LogP contribution in [0.5, 0.6) is 0 Å². The molecule has 5 atom stereocenters. The maximum absolute atomic E-state index is 12.7. The summed E-state index contributed by atoms with van der Waals surface area (Å²) in [6, 6.07) is 0. The molecule has 0 spiro atoms. The number of imide groups is 1. The molecule has 0 saturated carbocycles. The van der Waals surface area contributed by atoms with E-state index in [9.17, 15) is 29.4 Å². The largest absolute Gasteiger partial charge is 0.454 e. The van der Waals surface area contributed by atoms with Crippen LogP contribution in [0.3, 0.4) is 0 Å². The Morgan fingerprint density at radius 2 is 1.82 bits per heavy atom. The van der Waals surface area contributed by atoms with E-state index < -0.39 is 36.1 Å². The Bertz CT molecular complexity index is 828. The molecule has 0 aromatic heterocycles. The number of hydrogen-bond donors (Lipinski definition) is 3. The van der Waals surface area contributed by atoms with Crippen molar-refractivity contribution >= 4 is 23.6 Å². The standard InChI is InChI=1S/C26H37NO7/c1-16(20(28)11-8-9-19-14-22(30)27-23(31)15-19)13-17(2)26-18(3)25(33)21(29)10-6-4-5-7-12-24(32)34-26/h6-7,10,12-13,16,18-19,21,25-26,29,33H,4-5,8-9,11,14-15H2,1-3H3,(H,27,30,31)/b10-6+,12-7+,17-13+/t16-,18-,21-,25-,26+/m0/s1. The molecule has 8 heteroatoms. The highest BCUT2D eigenvalue weighted by atomic mass is 16.5. The average molecular weight is 476 g/mol. The van der Waals surface area contributed by atoms with Crippen molar-refractivity contribution in [3.05, 3.63) is 36.0 Å². The molecular formula is C26H37NO7. The van der Waals surface area contributed by atoms with Gasteiger partial charge in [0.05, 0.1) is 12.2 Å². The second-order valence-electron chi connectivity index (χ2n) is 9.41. The third-order valence-electron chi connectivity index (χ3n) is 6.43. The summed E-state index contributed by atoms with van der Waals surface area (Å²) in [5, 5.41) is 23.2. The van der Waals surface area contributed by atoms with Gasteiger partial charge in [-0.25, -0.2) is 4.79 Å². The number of rotatable bonds is 7. The number of allylic oxidation sites excluding steroid dienone is 3. The number of cyclic esters (lactones) is 1. The van der Waals surface area contributed by atoms with E-state index >= 15 is 0 Å². The molecule has 188 valence electrons. The van der Waals surface area contributed by atoms with Crippen LogP contribution in [-0.2, 0) is 23.9 Å². The summed E-state index contributed by atoms with van der Waals surface area (Å²) in [6.07, 6.45) is 8.42. The highest BCUT2D eigenvalue weighted by Gasteiger charge is 2.32. The van der Waals surface area contributed by atoms with Gasteiger partial charge in [-0.2, -0.15) is 0 Å². The van der Waals surface area contributed by atoms with Gasteiger partial charge >= 0.3 is 5.97 Å². The fourth-order valence-corrected chi connectivity index (χ4v) is 4.42. The number of ketones is 1. The number of carbonyl (C=O) groups is 4. The zero-order valence-corrected chi connectivity index (χ0v) is 20.2. The first-order valence-electron chi connectivity index (χ1n) is 12.0. The highest BCUT2D eigenvalue weighted by molar-refractivity contribution is 5.97. The van der Waals surface area contributed by atoms with Gasteiger partial charge in [0.25, 0.3) is 0 Å². The molecule has 2 aliphatic heterocycles. The first-order valence-corrected chi connectivity index (χ1v) is 12.0. The van der Waals surface area contributed by atoms with Crippen LogP contribution in [0.1, 0.15) is 65.7 Å². The van der Waals surface area contributed by atoms with Crippen LogP contribution in [-0.4, -0.2) is 52.1 Å². The van der Waals surface area contributed by atoms with Crippen LogP contribution in [0, 0.1) is 17.8 Å². The molecule has 2 amide bonds. The van der Waals surface area contributed by atoms with Crippen molar-refractivity contribution in [3.8, 4) is 0 Å². The summed E-state index contributed by atoms with van der Waals surface area (Å²) in [5.41, 5.74) is 0.622. The van der Waals surface area contributed by atoms with Crippen LogP contribution < -0.4 is 5.32 Å². The summed E-state index contributed by atoms with van der Waals surface area (Å²) < 4.78 is 5.61. The quantitative estimate of drug-likeness (QED) is 0.293. The number of aliphatic hydroxyl groups excluding tert-OH is 2. The number of piperidine rings is 1. The van der Waals surface area contributed by atoms with Crippen molar-refractivity contribution in [2.45, 2.75) is 84.0 Å². The minimum Gasteiger partial charge on any atom is -0.454 e. The van der Waals surface area contributed by atoms with Crippen LogP contribution >= 0.6 is 0 Å². The molecular weight excluding hydrogens is 438 g/mol. The zero-order chi connectivity index (χ0) is 25.3. The number of aliphatic hydroxyl groups is 2. The summed E-state index contributed by atoms with van der Waals surface area (Å²) >= 11 is 0. The van der Waals surface area contributed by atoms with E-state index in [4.69, 9.17) is 4.74 Å². The number of Topliss-reactive ketones (excluding diaryl/α,β-unsaturated/α-hetero) is 1. The third-order valence-corrected chi connectivity index (χ3v) is 6.43. The number of nitrogens with one attached hydrogen (secondary N) is 1. The molecule has 0 radical (unpaired) electrons. The van der Waals surface area contributed by atoms with Gasteiger partial charge in [0.15, 0.2) is 0 Å². The topological polar surface area (TPSA) is 130 Å². The van der Waals surface area contributed by atoms with Crippen LogP contribution in [0.4, 0.5) is 0 Å². The molecule has 1 saturated heterocycles. The van der Waals surface area contributed by atoms with Gasteiger partial charge in [0.1, 0.15) is 11.9 Å². The molecule has 0 unspecified atom stereocenters. The van der Waals surface area contributed by atoms with Gasteiger partial charge < -0.3 is 14.9 Å². The van der Waals surface area contributed by atoms with Crippen molar-refractivity contribution < 1.29 is 34.1 Å². The molecule has 0 aromatic rings. The van der Waals surface area contributed by atoms with Gasteiger partial charge in [0, 0.05) is 37.2 Å². The summed E-state index contributed by atoms with van der Waals surface area (Å²) in [7, 11) is 0. The number of ether oxygens (including phenoxy) is 1. The number of amides is 2. The van der Waals surface area contributed by atoms with Crippen molar-refractivity contribution in [2.24, 2.45) is 17.8 Å². The first kappa shape index (κ1) is 27.7. The lowest BCUT2D eigenvalue weighted by molar-refractivity contribution is -0.146. The second-order valence-corrected chi connectivity index (χ2v) is 9.41. The average Bonchev–Trinajstić information content (AvgIpc) is 2.77. The fraction of sp³-hybridized carbons (Fsp3) is 0.615. The van der Waals surface area contributed by atoms with Gasteiger partial charge in [-0.15, -0.1) is 0 Å². The number of carbonyl (C=O) groups excluding carboxylic acids is 4. The van der Waals surface area contributed by atoms with Crippen molar-refractivity contribution in [2.75, 3.05) is 0 Å². The lowest BCUT2D eigenvalue weighted by Crippen LogP contribution is -2.40. The maximum atomic E-state index is 12.7. The van der Waals surface area contributed by atoms with Crippen molar-refractivity contribution in [3.63, 3.8) is 0 Å². The number of hydrogen-bond acceptors (Lipinski definition) is 7. The first-order chi connectivity index (χ1) is 16.1. The summed E-state index contributed by atoms with van der Waals surface area (Å²) in [5.74, 6) is -2.16. The van der Waals surface area contributed by atoms with Crippen molar-refractivity contribution in [1.82, 2.24) is 5.32 Å². The van der Waals surface area contributed by atoms with Gasteiger partial charge in [-0.3, -0.25) is 19.7 Å². The zero-order valence-electron chi connectivity index (χ0n) is 20.2. The molecule has 34 heavy (non-hydrogen) atoms. The van der Waals surface area contributed by atoms with E-state index in [-0.39, 0.29) is 23.5 Å². The Balaban J connectivity index is 2.02. The lowest BCUT2D eigenvalue weighted by atomic mass is 9.87. The predicted octanol–water partition coefficient (Wildman–Crippen LogP) is 2.54. The molecule has 2 rings (SSSR count).